The first-order valence-corrected chi connectivity index (χ1v) is 9.74. The Bertz CT molecular complexity index is 1080. The summed E-state index contributed by atoms with van der Waals surface area (Å²) in [6.45, 7) is -0.247. The zero-order chi connectivity index (χ0) is 23.5. The molecule has 164 valence electrons. The van der Waals surface area contributed by atoms with Gasteiger partial charge in [-0.2, -0.15) is 0 Å². The number of terminal acetylenes is 1. The Labute approximate surface area is 186 Å². The van der Waals surface area contributed by atoms with E-state index in [2.05, 4.69) is 17.8 Å². The minimum absolute atomic E-state index is 0.136. The highest BCUT2D eigenvalue weighted by atomic mass is 19.1. The number of halogens is 2. The summed E-state index contributed by atoms with van der Waals surface area (Å²) in [5, 5.41) is 18.7. The number of aliphatic imine (C=N–C) groups is 1. The summed E-state index contributed by atoms with van der Waals surface area (Å²) < 4.78 is 26.4. The molecule has 2 aromatic rings. The normalized spacial score (nSPS) is 14.8. The maximum atomic E-state index is 13.2. The number of carbonyl (C=O) groups is 1. The van der Waals surface area contributed by atoms with E-state index in [1.165, 1.54) is 30.3 Å². The van der Waals surface area contributed by atoms with Gasteiger partial charge in [0.1, 0.15) is 11.6 Å². The number of aliphatic carboxylic acids is 1. The van der Waals surface area contributed by atoms with Crippen LogP contribution in [0.25, 0.3) is 0 Å². The lowest BCUT2D eigenvalue weighted by atomic mass is 9.94. The Hall–Kier alpha value is -3.82. The molecule has 1 aliphatic heterocycles. The average molecular weight is 435 g/mol. The van der Waals surface area contributed by atoms with Crippen molar-refractivity contribution in [2.45, 2.75) is 12.8 Å². The van der Waals surface area contributed by atoms with Crippen molar-refractivity contribution in [1.29, 1.82) is 0 Å². The maximum Gasteiger partial charge on any atom is 0.333 e. The second kappa shape index (κ2) is 12.1. The molecule has 0 aliphatic carbocycles. The highest BCUT2D eigenvalue weighted by molar-refractivity contribution is 5.88. The van der Waals surface area contributed by atoms with Gasteiger partial charge in [-0.1, -0.05) is 30.3 Å². The fourth-order valence-corrected chi connectivity index (χ4v) is 3.16. The lowest BCUT2D eigenvalue weighted by Crippen LogP contribution is -2.09. The van der Waals surface area contributed by atoms with E-state index in [0.717, 1.165) is 22.3 Å². The van der Waals surface area contributed by atoms with Crippen LogP contribution in [0.5, 0.6) is 0 Å². The van der Waals surface area contributed by atoms with E-state index in [1.807, 2.05) is 6.08 Å². The first kappa shape index (κ1) is 24.4. The Morgan fingerprint density at radius 3 is 2.09 bits per heavy atom. The van der Waals surface area contributed by atoms with Crippen LogP contribution in [-0.2, 0) is 17.6 Å². The summed E-state index contributed by atoms with van der Waals surface area (Å²) in [4.78, 5) is 15.8. The smallest absolute Gasteiger partial charge is 0.333 e. The van der Waals surface area contributed by atoms with Crippen LogP contribution in [0.2, 0.25) is 0 Å². The van der Waals surface area contributed by atoms with E-state index < -0.39 is 12.6 Å². The summed E-state index contributed by atoms with van der Waals surface area (Å²) in [6.07, 6.45) is 14.0. The predicted molar refractivity (Wildman–Crippen MR) is 121 cm³/mol. The zero-order valence-electron chi connectivity index (χ0n) is 17.3. The Morgan fingerprint density at radius 1 is 1.00 bits per heavy atom. The molecule has 2 aromatic carbocycles. The summed E-state index contributed by atoms with van der Waals surface area (Å²) in [6, 6.07) is 12.2. The molecular formula is C26H23F2NO3. The molecule has 1 aliphatic rings. The van der Waals surface area contributed by atoms with E-state index in [-0.39, 0.29) is 17.2 Å². The van der Waals surface area contributed by atoms with Gasteiger partial charge >= 0.3 is 5.97 Å². The maximum absolute atomic E-state index is 13.2. The quantitative estimate of drug-likeness (QED) is 0.503. The van der Waals surface area contributed by atoms with Crippen molar-refractivity contribution in [2.24, 2.45) is 4.99 Å². The third-order valence-corrected chi connectivity index (χ3v) is 4.71. The number of aliphatic hydroxyl groups excluding tert-OH is 1. The molecule has 0 spiro atoms. The van der Waals surface area contributed by atoms with Gasteiger partial charge in [-0.3, -0.25) is 4.99 Å². The molecular weight excluding hydrogens is 412 g/mol. The summed E-state index contributed by atoms with van der Waals surface area (Å²) in [5.74, 6) is -1.86. The number of hydrogen-bond acceptors (Lipinski definition) is 3. The number of carboxylic acid groups (broad SMARTS) is 1. The van der Waals surface area contributed by atoms with Gasteiger partial charge in [0.05, 0.1) is 18.7 Å². The van der Waals surface area contributed by atoms with Crippen molar-refractivity contribution in [2.75, 3.05) is 13.2 Å². The van der Waals surface area contributed by atoms with E-state index >= 15 is 0 Å². The first-order valence-electron chi connectivity index (χ1n) is 9.74. The molecule has 0 atom stereocenters. The Balaban J connectivity index is 0.00000176. The van der Waals surface area contributed by atoms with Gasteiger partial charge in [0.15, 0.2) is 0 Å². The summed E-state index contributed by atoms with van der Waals surface area (Å²) >= 11 is 0. The van der Waals surface area contributed by atoms with Crippen molar-refractivity contribution in [3.63, 3.8) is 0 Å². The standard InChI is InChI=1S/C24H21F2NO3.C2H2/c25-22-5-1-16(2-6-22)9-18-11-20(14-27-13-18)19(12-21(15-28)24(29)30)10-17-3-7-23(26)8-4-17;1-2/h1-8,11-13,28H,9-10,14-15H2,(H,29,30);1-2H/b20-19-,21-12+;. The number of aliphatic hydroxyl groups is 1. The number of rotatable bonds is 7. The van der Waals surface area contributed by atoms with Crippen LogP contribution in [0.1, 0.15) is 11.1 Å². The number of nitrogens with zero attached hydrogens (tertiary/aromatic N) is 1. The van der Waals surface area contributed by atoms with E-state index in [1.54, 1.807) is 30.5 Å². The van der Waals surface area contributed by atoms with E-state index in [9.17, 15) is 23.8 Å². The van der Waals surface area contributed by atoms with Gasteiger partial charge in [-0.15, -0.1) is 12.8 Å². The molecule has 1 heterocycles. The number of allylic oxidation sites excluding steroid dienone is 3. The van der Waals surface area contributed by atoms with Crippen LogP contribution in [0.4, 0.5) is 8.78 Å². The van der Waals surface area contributed by atoms with Gasteiger partial charge in [-0.25, -0.2) is 13.6 Å². The first-order chi connectivity index (χ1) is 15.4. The molecule has 0 bridgehead atoms. The van der Waals surface area contributed by atoms with Gasteiger partial charge < -0.3 is 10.2 Å². The average Bonchev–Trinajstić information content (AvgIpc) is 2.81. The van der Waals surface area contributed by atoms with E-state index in [4.69, 9.17) is 0 Å². The minimum atomic E-state index is -1.20. The number of carboxylic acids is 1. The second-order valence-electron chi connectivity index (χ2n) is 6.98. The molecule has 0 aromatic heterocycles. The Kier molecular flexibility index (Phi) is 9.27. The molecule has 0 saturated heterocycles. The highest BCUT2D eigenvalue weighted by Crippen LogP contribution is 2.22. The molecule has 0 unspecified atom stereocenters. The largest absolute Gasteiger partial charge is 0.478 e. The zero-order valence-corrected chi connectivity index (χ0v) is 17.3. The topological polar surface area (TPSA) is 69.9 Å². The van der Waals surface area contributed by atoms with Crippen molar-refractivity contribution in [3.05, 3.63) is 106 Å². The molecule has 4 nitrogen and oxygen atoms in total. The van der Waals surface area contributed by atoms with Crippen LogP contribution in [0, 0.1) is 24.5 Å². The monoisotopic (exact) mass is 435 g/mol. The van der Waals surface area contributed by atoms with Crippen molar-refractivity contribution >= 4 is 12.2 Å². The van der Waals surface area contributed by atoms with Gasteiger partial charge in [-0.05, 0) is 71.0 Å². The van der Waals surface area contributed by atoms with Crippen LogP contribution in [-0.4, -0.2) is 35.5 Å². The molecule has 2 N–H and O–H groups in total. The molecule has 0 amide bonds. The highest BCUT2D eigenvalue weighted by Gasteiger charge is 2.13. The van der Waals surface area contributed by atoms with Crippen molar-refractivity contribution in [3.8, 4) is 12.8 Å². The van der Waals surface area contributed by atoms with Gasteiger partial charge in [0.2, 0.25) is 0 Å². The van der Waals surface area contributed by atoms with Gasteiger partial charge in [0, 0.05) is 6.21 Å². The molecule has 6 heteroatoms. The predicted octanol–water partition coefficient (Wildman–Crippen LogP) is 4.31. The molecule has 32 heavy (non-hydrogen) atoms. The van der Waals surface area contributed by atoms with Crippen LogP contribution in [0.3, 0.4) is 0 Å². The van der Waals surface area contributed by atoms with Crippen LogP contribution >= 0.6 is 0 Å². The van der Waals surface area contributed by atoms with E-state index in [0.29, 0.717) is 25.0 Å². The number of hydrogen-bond donors (Lipinski definition) is 2. The lowest BCUT2D eigenvalue weighted by Gasteiger charge is -2.15. The molecule has 3 rings (SSSR count). The van der Waals surface area contributed by atoms with Crippen LogP contribution < -0.4 is 0 Å². The van der Waals surface area contributed by atoms with Crippen molar-refractivity contribution in [1.82, 2.24) is 0 Å². The Morgan fingerprint density at radius 2 is 1.56 bits per heavy atom. The van der Waals surface area contributed by atoms with Crippen LogP contribution in [0.15, 0.2) is 88.0 Å². The second-order valence-corrected chi connectivity index (χ2v) is 6.98. The molecule has 0 radical (unpaired) electrons. The SMILES string of the molecule is C#C.O=C(O)/C(=C/C(Cc1ccc(F)cc1)=C1/C=C(Cc2ccc(F)cc2)C=NC1)CO. The van der Waals surface area contributed by atoms with Crippen molar-refractivity contribution < 1.29 is 23.8 Å². The minimum Gasteiger partial charge on any atom is -0.478 e. The number of benzene rings is 2. The lowest BCUT2D eigenvalue weighted by molar-refractivity contribution is -0.133. The fourth-order valence-electron chi connectivity index (χ4n) is 3.16. The summed E-state index contributed by atoms with van der Waals surface area (Å²) in [5.41, 5.74) is 3.98. The molecule has 0 fully saturated rings. The van der Waals surface area contributed by atoms with Gasteiger partial charge in [0.25, 0.3) is 0 Å². The summed E-state index contributed by atoms with van der Waals surface area (Å²) in [7, 11) is 0. The number of dihydropyridines is 1. The molecule has 0 saturated carbocycles. The third kappa shape index (κ3) is 7.15. The fraction of sp³-hybridized carbons (Fsp3) is 0.154. The third-order valence-electron chi connectivity index (χ3n) is 4.71.